The number of benzene rings is 1. The Kier molecular flexibility index (Phi) is 5.54. The quantitative estimate of drug-likeness (QED) is 0.339. The fraction of sp³-hybridized carbons (Fsp3) is 0.105. The molecule has 3 aromatic rings. The van der Waals surface area contributed by atoms with Crippen LogP contribution in [0.4, 0.5) is 5.13 Å². The molecule has 0 aliphatic carbocycles. The number of aromatic nitrogens is 2. The molecule has 0 radical (unpaired) electrons. The summed E-state index contributed by atoms with van der Waals surface area (Å²) in [4.78, 5) is 16.3. The van der Waals surface area contributed by atoms with Crippen LogP contribution in [0, 0.1) is 28.7 Å². The van der Waals surface area contributed by atoms with Gasteiger partial charge >= 0.3 is 0 Å². The highest BCUT2D eigenvalue weighted by atomic mass is 127. The van der Waals surface area contributed by atoms with Crippen molar-refractivity contribution in [3.63, 3.8) is 0 Å². The summed E-state index contributed by atoms with van der Waals surface area (Å²) < 4.78 is 3.27. The molecule has 0 saturated carbocycles. The van der Waals surface area contributed by atoms with Crippen molar-refractivity contribution in [2.24, 2.45) is 0 Å². The zero-order valence-corrected chi connectivity index (χ0v) is 17.1. The molecule has 2 aromatic heterocycles. The predicted octanol–water partition coefficient (Wildman–Crippen LogP) is 4.70. The number of anilines is 1. The fourth-order valence-electron chi connectivity index (χ4n) is 2.67. The van der Waals surface area contributed by atoms with Crippen molar-refractivity contribution in [3.05, 3.63) is 68.0 Å². The van der Waals surface area contributed by atoms with Crippen LogP contribution in [0.25, 0.3) is 11.8 Å². The van der Waals surface area contributed by atoms with Crippen LogP contribution in [-0.4, -0.2) is 15.5 Å². The van der Waals surface area contributed by atoms with Crippen LogP contribution in [0.1, 0.15) is 17.0 Å². The van der Waals surface area contributed by atoms with Gasteiger partial charge in [-0.05, 0) is 78.4 Å². The second kappa shape index (κ2) is 7.85. The largest absolute Gasteiger partial charge is 0.318 e. The summed E-state index contributed by atoms with van der Waals surface area (Å²) in [6.45, 7) is 3.98. The molecule has 5 nitrogen and oxygen atoms in total. The minimum atomic E-state index is -0.457. The van der Waals surface area contributed by atoms with Gasteiger partial charge in [0.25, 0.3) is 5.91 Å². The van der Waals surface area contributed by atoms with Gasteiger partial charge in [-0.3, -0.25) is 10.1 Å². The summed E-state index contributed by atoms with van der Waals surface area (Å²) in [7, 11) is 0. The van der Waals surface area contributed by atoms with E-state index in [1.54, 1.807) is 17.7 Å². The number of hydrogen-bond acceptors (Lipinski definition) is 4. The highest BCUT2D eigenvalue weighted by Gasteiger charge is 2.14. The topological polar surface area (TPSA) is 70.7 Å². The molecule has 7 heteroatoms. The number of carbonyl (C=O) groups excluding carboxylic acids is 1. The number of nitriles is 1. The molecule has 0 bridgehead atoms. The number of nitrogens with one attached hydrogen (secondary N) is 1. The van der Waals surface area contributed by atoms with Crippen molar-refractivity contribution in [2.75, 3.05) is 5.32 Å². The van der Waals surface area contributed by atoms with Crippen molar-refractivity contribution >= 4 is 51.0 Å². The molecular formula is C19H15IN4OS. The standard InChI is InChI=1S/C19H15IN4OS/c1-12-9-14(13(2)24(12)17-5-3-16(20)4-6-17)10-15(11-21)18(25)23-19-22-7-8-26-19/h3-10H,1-2H3,(H,22,23,25)/b15-10+. The maximum atomic E-state index is 12.3. The molecule has 0 unspecified atom stereocenters. The Morgan fingerprint density at radius 2 is 2.08 bits per heavy atom. The number of rotatable bonds is 4. The first kappa shape index (κ1) is 18.4. The van der Waals surface area contributed by atoms with E-state index in [1.165, 1.54) is 14.9 Å². The van der Waals surface area contributed by atoms with E-state index >= 15 is 0 Å². The van der Waals surface area contributed by atoms with Gasteiger partial charge in [0.1, 0.15) is 11.6 Å². The first-order chi connectivity index (χ1) is 12.5. The van der Waals surface area contributed by atoms with Crippen LogP contribution in [0.3, 0.4) is 0 Å². The highest BCUT2D eigenvalue weighted by molar-refractivity contribution is 14.1. The van der Waals surface area contributed by atoms with Gasteiger partial charge in [-0.1, -0.05) is 0 Å². The minimum Gasteiger partial charge on any atom is -0.318 e. The number of thiazole rings is 1. The first-order valence-corrected chi connectivity index (χ1v) is 9.73. The van der Waals surface area contributed by atoms with Crippen molar-refractivity contribution in [1.29, 1.82) is 5.26 Å². The Bertz CT molecular complexity index is 1010. The third kappa shape index (κ3) is 3.86. The van der Waals surface area contributed by atoms with Crippen molar-refractivity contribution < 1.29 is 4.79 Å². The zero-order chi connectivity index (χ0) is 18.7. The van der Waals surface area contributed by atoms with Gasteiger partial charge in [0.15, 0.2) is 5.13 Å². The molecule has 3 rings (SSSR count). The van der Waals surface area contributed by atoms with Gasteiger partial charge in [-0.15, -0.1) is 11.3 Å². The monoisotopic (exact) mass is 474 g/mol. The SMILES string of the molecule is Cc1cc(/C=C(\C#N)C(=O)Nc2nccs2)c(C)n1-c1ccc(I)cc1. The van der Waals surface area contributed by atoms with E-state index in [0.29, 0.717) is 5.13 Å². The van der Waals surface area contributed by atoms with Crippen molar-refractivity contribution in [3.8, 4) is 11.8 Å². The third-order valence-electron chi connectivity index (χ3n) is 3.87. The van der Waals surface area contributed by atoms with E-state index in [0.717, 1.165) is 22.6 Å². The summed E-state index contributed by atoms with van der Waals surface area (Å²) in [5, 5.41) is 14.3. The molecule has 1 aromatic carbocycles. The maximum absolute atomic E-state index is 12.3. The van der Waals surface area contributed by atoms with E-state index in [2.05, 4.69) is 49.6 Å². The average Bonchev–Trinajstić information content (AvgIpc) is 3.22. The second-order valence-electron chi connectivity index (χ2n) is 5.60. The van der Waals surface area contributed by atoms with Gasteiger partial charge in [0.2, 0.25) is 0 Å². The molecule has 0 aliphatic heterocycles. The molecular weight excluding hydrogens is 459 g/mol. The number of nitrogens with zero attached hydrogens (tertiary/aromatic N) is 3. The molecule has 1 amide bonds. The van der Waals surface area contributed by atoms with Crippen LogP contribution < -0.4 is 5.32 Å². The molecule has 26 heavy (non-hydrogen) atoms. The fourth-order valence-corrected chi connectivity index (χ4v) is 3.56. The smallest absolute Gasteiger partial charge is 0.268 e. The van der Waals surface area contributed by atoms with Crippen LogP contribution in [-0.2, 0) is 4.79 Å². The van der Waals surface area contributed by atoms with Crippen molar-refractivity contribution in [1.82, 2.24) is 9.55 Å². The lowest BCUT2D eigenvalue weighted by molar-refractivity contribution is -0.112. The van der Waals surface area contributed by atoms with Crippen LogP contribution in [0.15, 0.2) is 47.5 Å². The number of amides is 1. The molecule has 1 N–H and O–H groups in total. The van der Waals surface area contributed by atoms with Gasteiger partial charge < -0.3 is 4.57 Å². The Morgan fingerprint density at radius 3 is 2.69 bits per heavy atom. The molecule has 0 saturated heterocycles. The Hall–Kier alpha value is -2.44. The third-order valence-corrected chi connectivity index (χ3v) is 5.28. The van der Waals surface area contributed by atoms with E-state index < -0.39 is 5.91 Å². The Morgan fingerprint density at radius 1 is 1.35 bits per heavy atom. The van der Waals surface area contributed by atoms with Gasteiger partial charge in [-0.2, -0.15) is 5.26 Å². The van der Waals surface area contributed by atoms with E-state index in [4.69, 9.17) is 0 Å². The lowest BCUT2D eigenvalue weighted by Gasteiger charge is -2.09. The predicted molar refractivity (Wildman–Crippen MR) is 112 cm³/mol. The van der Waals surface area contributed by atoms with Gasteiger partial charge in [-0.25, -0.2) is 4.98 Å². The zero-order valence-electron chi connectivity index (χ0n) is 14.2. The van der Waals surface area contributed by atoms with Crippen LogP contribution >= 0.6 is 33.9 Å². The summed E-state index contributed by atoms with van der Waals surface area (Å²) in [6.07, 6.45) is 3.22. The molecule has 0 aliphatic rings. The van der Waals surface area contributed by atoms with Crippen LogP contribution in [0.5, 0.6) is 0 Å². The average molecular weight is 474 g/mol. The van der Waals surface area contributed by atoms with E-state index in [1.807, 2.05) is 38.1 Å². The molecule has 130 valence electrons. The summed E-state index contributed by atoms with van der Waals surface area (Å²) in [5.41, 5.74) is 3.94. The summed E-state index contributed by atoms with van der Waals surface area (Å²) >= 11 is 3.58. The van der Waals surface area contributed by atoms with Crippen LogP contribution in [0.2, 0.25) is 0 Å². The number of halogens is 1. The van der Waals surface area contributed by atoms with Crippen molar-refractivity contribution in [2.45, 2.75) is 13.8 Å². The Balaban J connectivity index is 1.94. The molecule has 0 fully saturated rings. The normalized spacial score (nSPS) is 11.2. The lowest BCUT2D eigenvalue weighted by atomic mass is 10.1. The number of aryl methyl sites for hydroxylation is 1. The van der Waals surface area contributed by atoms with E-state index in [-0.39, 0.29) is 5.57 Å². The highest BCUT2D eigenvalue weighted by Crippen LogP contribution is 2.24. The minimum absolute atomic E-state index is 0.0445. The summed E-state index contributed by atoms with van der Waals surface area (Å²) in [6, 6.07) is 12.2. The molecule has 0 spiro atoms. The number of hydrogen-bond donors (Lipinski definition) is 1. The van der Waals surface area contributed by atoms with Gasteiger partial charge in [0.05, 0.1) is 0 Å². The van der Waals surface area contributed by atoms with E-state index in [9.17, 15) is 10.1 Å². The Labute approximate surface area is 169 Å². The summed E-state index contributed by atoms with van der Waals surface area (Å²) in [5.74, 6) is -0.457. The molecule has 2 heterocycles. The lowest BCUT2D eigenvalue weighted by Crippen LogP contribution is -2.13. The molecule has 0 atom stereocenters. The van der Waals surface area contributed by atoms with Gasteiger partial charge in [0, 0.05) is 32.2 Å². The number of carbonyl (C=O) groups is 1. The first-order valence-electron chi connectivity index (χ1n) is 7.77. The maximum Gasteiger partial charge on any atom is 0.268 e. The second-order valence-corrected chi connectivity index (χ2v) is 7.74.